The van der Waals surface area contributed by atoms with Gasteiger partial charge in [-0.3, -0.25) is 19.0 Å². The first-order valence-electron chi connectivity index (χ1n) is 22.7. The fourth-order valence-corrected chi connectivity index (χ4v) is 10.4. The van der Waals surface area contributed by atoms with Gasteiger partial charge in [0.25, 0.3) is 0 Å². The Bertz CT molecular complexity index is 2030. The Hall–Kier alpha value is -4.96. The molecule has 4 aromatic rings. The molecule has 2 N–H and O–H groups in total. The number of hydrogen-bond donors (Lipinski definition) is 2. The Morgan fingerprint density at radius 2 is 1.00 bits per heavy atom. The molecule has 2 aromatic heterocycles. The molecule has 2 unspecified atom stereocenters. The monoisotopic (exact) mass is 914 g/mol. The number of nitrogens with one attached hydrogen (secondary N) is 2. The molecule has 6 rings (SSSR count). The Morgan fingerprint density at radius 1 is 0.625 bits per heavy atom. The number of carbonyl (C=O) groups excluding carboxylic acids is 4. The minimum atomic E-state index is -0.938. The van der Waals surface area contributed by atoms with E-state index in [-0.39, 0.29) is 35.4 Å². The zero-order chi connectivity index (χ0) is 46.0. The van der Waals surface area contributed by atoms with Crippen LogP contribution in [0.3, 0.4) is 0 Å². The SMILES string of the molecule is CCCCC1c2cc(-c3ccccc3)nn2CCN1C(=O)[C@H](CSSC[C@H](NC(=O)OC(C)(C)C)C(=O)N1CCn2nc(-c3ccccc3)cc2C1CCCC)NC(=O)OC(C)(C)C. The highest BCUT2D eigenvalue weighted by Gasteiger charge is 2.39. The van der Waals surface area contributed by atoms with E-state index >= 15 is 0 Å². The topological polar surface area (TPSA) is 153 Å². The van der Waals surface area contributed by atoms with E-state index in [9.17, 15) is 19.2 Å². The summed E-state index contributed by atoms with van der Waals surface area (Å²) in [6.45, 7) is 16.8. The average molecular weight is 915 g/mol. The number of hydrogen-bond acceptors (Lipinski definition) is 10. The zero-order valence-electron chi connectivity index (χ0n) is 38.7. The molecular weight excluding hydrogens is 849 g/mol. The first-order valence-corrected chi connectivity index (χ1v) is 25.1. The van der Waals surface area contributed by atoms with E-state index in [1.54, 1.807) is 41.5 Å². The number of carbonyl (C=O) groups is 4. The highest BCUT2D eigenvalue weighted by atomic mass is 33.1. The van der Waals surface area contributed by atoms with Crippen LogP contribution in [0.1, 0.15) is 117 Å². The van der Waals surface area contributed by atoms with Crippen LogP contribution in [0.2, 0.25) is 0 Å². The van der Waals surface area contributed by atoms with Gasteiger partial charge in [-0.15, -0.1) is 0 Å². The maximum atomic E-state index is 14.8. The first-order chi connectivity index (χ1) is 30.5. The van der Waals surface area contributed by atoms with Gasteiger partial charge in [-0.05, 0) is 66.5 Å². The van der Waals surface area contributed by atoms with E-state index in [4.69, 9.17) is 19.7 Å². The van der Waals surface area contributed by atoms with Gasteiger partial charge in [-0.25, -0.2) is 9.59 Å². The Morgan fingerprint density at radius 3 is 1.34 bits per heavy atom. The summed E-state index contributed by atoms with van der Waals surface area (Å²) in [5, 5.41) is 15.6. The molecule has 14 nitrogen and oxygen atoms in total. The maximum absolute atomic E-state index is 14.8. The second-order valence-corrected chi connectivity index (χ2v) is 21.0. The molecule has 0 fully saturated rings. The Balaban J connectivity index is 1.21. The van der Waals surface area contributed by atoms with Crippen LogP contribution in [0.25, 0.3) is 22.5 Å². The van der Waals surface area contributed by atoms with Crippen molar-refractivity contribution in [3.63, 3.8) is 0 Å². The molecule has 2 aromatic carbocycles. The van der Waals surface area contributed by atoms with Crippen molar-refractivity contribution in [2.24, 2.45) is 0 Å². The second kappa shape index (κ2) is 21.8. The highest BCUT2D eigenvalue weighted by molar-refractivity contribution is 8.76. The molecule has 4 heterocycles. The first kappa shape index (κ1) is 48.5. The van der Waals surface area contributed by atoms with Gasteiger partial charge in [0, 0.05) is 35.7 Å². The molecule has 2 aliphatic heterocycles. The van der Waals surface area contributed by atoms with E-state index < -0.39 is 35.5 Å². The van der Waals surface area contributed by atoms with Gasteiger partial charge < -0.3 is 29.9 Å². The highest BCUT2D eigenvalue weighted by Crippen LogP contribution is 2.36. The van der Waals surface area contributed by atoms with Gasteiger partial charge in [0.2, 0.25) is 11.8 Å². The van der Waals surface area contributed by atoms with Gasteiger partial charge in [-0.2, -0.15) is 10.2 Å². The number of unbranched alkanes of at least 4 members (excludes halogenated alkanes) is 2. The van der Waals surface area contributed by atoms with Gasteiger partial charge in [0.1, 0.15) is 23.3 Å². The predicted octanol–water partition coefficient (Wildman–Crippen LogP) is 9.43. The van der Waals surface area contributed by atoms with Crippen LogP contribution in [-0.2, 0) is 32.2 Å². The van der Waals surface area contributed by atoms with Crippen LogP contribution < -0.4 is 10.6 Å². The smallest absolute Gasteiger partial charge is 0.408 e. The van der Waals surface area contributed by atoms with Gasteiger partial charge >= 0.3 is 12.2 Å². The lowest BCUT2D eigenvalue weighted by Crippen LogP contribution is -2.54. The number of amides is 4. The van der Waals surface area contributed by atoms with Crippen molar-refractivity contribution in [2.45, 2.75) is 142 Å². The Labute approximate surface area is 386 Å². The standard InChI is InChI=1S/C48H66N8O6S2/c1-9-11-23-39-41-29-35(33-19-15-13-16-20-33)51-55(41)27-25-53(39)43(57)37(49-45(59)61-47(3,4)5)31-63-64-32-38(50-46(60)62-48(6,7)8)44(58)54-26-28-56-42(40(54)24-12-10-2)30-36(52-56)34-21-17-14-18-22-34/h13-22,29-30,37-40H,9-12,23-28,31-32H2,1-8H3,(H,49,59)(H,50,60)/t37-,38-,39?,40?/m0/s1. The van der Waals surface area contributed by atoms with Crippen LogP contribution in [0, 0.1) is 0 Å². The number of aromatic nitrogens is 4. The largest absolute Gasteiger partial charge is 0.444 e. The normalized spacial score (nSPS) is 17.2. The number of rotatable bonds is 17. The molecule has 0 bridgehead atoms. The Kier molecular flexibility index (Phi) is 16.5. The lowest BCUT2D eigenvalue weighted by Gasteiger charge is -2.38. The summed E-state index contributed by atoms with van der Waals surface area (Å²) in [6, 6.07) is 21.8. The van der Waals surface area contributed by atoms with E-state index in [1.165, 1.54) is 21.6 Å². The summed E-state index contributed by atoms with van der Waals surface area (Å²) >= 11 is 0. The minimum Gasteiger partial charge on any atom is -0.444 e. The fourth-order valence-electron chi connectivity index (χ4n) is 8.10. The van der Waals surface area contributed by atoms with Gasteiger partial charge in [-0.1, -0.05) is 122 Å². The van der Waals surface area contributed by atoms with Crippen molar-refractivity contribution >= 4 is 45.6 Å². The van der Waals surface area contributed by atoms with Crippen LogP contribution >= 0.6 is 21.6 Å². The van der Waals surface area contributed by atoms with Crippen LogP contribution in [0.15, 0.2) is 72.8 Å². The molecule has 346 valence electrons. The summed E-state index contributed by atoms with van der Waals surface area (Å²) < 4.78 is 15.3. The third-order valence-corrected chi connectivity index (χ3v) is 13.5. The third kappa shape index (κ3) is 12.9. The molecule has 16 heteroatoms. The van der Waals surface area contributed by atoms with Crippen molar-refractivity contribution in [3.05, 3.63) is 84.2 Å². The lowest BCUT2D eigenvalue weighted by molar-refractivity contribution is -0.137. The summed E-state index contributed by atoms with van der Waals surface area (Å²) in [7, 11) is 2.72. The van der Waals surface area contributed by atoms with Crippen molar-refractivity contribution < 1.29 is 28.7 Å². The molecule has 0 saturated carbocycles. The van der Waals surface area contributed by atoms with Gasteiger partial charge in [0.15, 0.2) is 0 Å². The predicted molar refractivity (Wildman–Crippen MR) is 255 cm³/mol. The van der Waals surface area contributed by atoms with E-state index in [0.29, 0.717) is 26.2 Å². The fraction of sp³-hybridized carbons (Fsp3) is 0.542. The minimum absolute atomic E-state index is 0.186. The molecule has 64 heavy (non-hydrogen) atoms. The van der Waals surface area contributed by atoms with E-state index in [0.717, 1.165) is 72.4 Å². The van der Waals surface area contributed by atoms with Crippen molar-refractivity contribution in [1.82, 2.24) is 40.0 Å². The van der Waals surface area contributed by atoms with Crippen molar-refractivity contribution in [1.29, 1.82) is 0 Å². The van der Waals surface area contributed by atoms with Crippen LogP contribution in [0.5, 0.6) is 0 Å². The summed E-state index contributed by atoms with van der Waals surface area (Å²) in [4.78, 5) is 59.9. The molecule has 0 saturated heterocycles. The van der Waals surface area contributed by atoms with E-state index in [2.05, 4.69) is 36.6 Å². The molecular formula is C48H66N8O6S2. The average Bonchev–Trinajstić information content (AvgIpc) is 3.90. The molecule has 0 spiro atoms. The van der Waals surface area contributed by atoms with Crippen molar-refractivity contribution in [2.75, 3.05) is 24.6 Å². The van der Waals surface area contributed by atoms with Crippen LogP contribution in [-0.4, -0.2) is 101 Å². The molecule has 4 atom stereocenters. The number of fused-ring (bicyclic) bond motifs is 2. The number of ether oxygens (including phenoxy) is 2. The van der Waals surface area contributed by atoms with E-state index in [1.807, 2.05) is 79.8 Å². The number of alkyl carbamates (subject to hydrolysis) is 2. The third-order valence-electron chi connectivity index (χ3n) is 11.1. The lowest BCUT2D eigenvalue weighted by atomic mass is 10.0. The molecule has 0 aliphatic carbocycles. The molecule has 4 amide bonds. The summed E-state index contributed by atoms with van der Waals surface area (Å²) in [5.41, 5.74) is 4.10. The van der Waals surface area contributed by atoms with Crippen molar-refractivity contribution in [3.8, 4) is 22.5 Å². The quantitative estimate of drug-likeness (QED) is 0.0774. The summed E-state index contributed by atoms with van der Waals surface area (Å²) in [5.74, 6) is -0.0589. The summed E-state index contributed by atoms with van der Waals surface area (Å²) in [6.07, 6.45) is 3.83. The molecule has 0 radical (unpaired) electrons. The molecule has 2 aliphatic rings. The van der Waals surface area contributed by atoms with Crippen LogP contribution in [0.4, 0.5) is 9.59 Å². The number of benzene rings is 2. The number of nitrogens with zero attached hydrogens (tertiary/aromatic N) is 6. The zero-order valence-corrected chi connectivity index (χ0v) is 40.3. The van der Waals surface area contributed by atoms with Gasteiger partial charge in [0.05, 0.1) is 47.9 Å². The maximum Gasteiger partial charge on any atom is 0.408 e. The second-order valence-electron chi connectivity index (χ2n) is 18.4.